The van der Waals surface area contributed by atoms with Crippen LogP contribution in [-0.2, 0) is 14.3 Å². The Morgan fingerprint density at radius 1 is 1.03 bits per heavy atom. The van der Waals surface area contributed by atoms with Crippen molar-refractivity contribution in [2.75, 3.05) is 19.5 Å². The molecular weight excluding hydrogens is 414 g/mol. The van der Waals surface area contributed by atoms with Crippen molar-refractivity contribution < 1.29 is 23.9 Å². The maximum atomic E-state index is 12.5. The van der Waals surface area contributed by atoms with Crippen molar-refractivity contribution in [3.63, 3.8) is 0 Å². The molecule has 2 rings (SSSR count). The van der Waals surface area contributed by atoms with Crippen molar-refractivity contribution in [3.05, 3.63) is 59.7 Å². The quantitative estimate of drug-likeness (QED) is 0.456. The van der Waals surface area contributed by atoms with E-state index in [-0.39, 0.29) is 30.1 Å². The predicted octanol–water partition coefficient (Wildman–Crippen LogP) is 4.44. The minimum atomic E-state index is -0.580. The molecule has 0 heterocycles. The van der Waals surface area contributed by atoms with Crippen LogP contribution in [0, 0.1) is 5.41 Å². The van der Waals surface area contributed by atoms with E-state index < -0.39 is 11.4 Å². The van der Waals surface area contributed by atoms with Crippen LogP contribution in [0.1, 0.15) is 49.7 Å². The van der Waals surface area contributed by atoms with Crippen LogP contribution in [0.15, 0.2) is 53.4 Å². The summed E-state index contributed by atoms with van der Waals surface area (Å²) in [7, 11) is 1.59. The lowest BCUT2D eigenvalue weighted by Gasteiger charge is -2.17. The fourth-order valence-electron chi connectivity index (χ4n) is 2.71. The van der Waals surface area contributed by atoms with Crippen LogP contribution >= 0.6 is 11.8 Å². The smallest absolute Gasteiger partial charge is 0.339 e. The number of ketones is 1. The first kappa shape index (κ1) is 24.5. The van der Waals surface area contributed by atoms with Crippen LogP contribution in [0.4, 0.5) is 0 Å². The fraction of sp³-hybridized carbons (Fsp3) is 0.375. The molecule has 1 amide bonds. The number of benzene rings is 2. The van der Waals surface area contributed by atoms with Crippen LogP contribution in [0.5, 0.6) is 5.75 Å². The zero-order valence-electron chi connectivity index (χ0n) is 18.6. The molecule has 166 valence electrons. The number of esters is 1. The van der Waals surface area contributed by atoms with Gasteiger partial charge in [0.15, 0.2) is 12.4 Å². The largest absolute Gasteiger partial charge is 0.496 e. The topological polar surface area (TPSA) is 81.7 Å². The van der Waals surface area contributed by atoms with Crippen LogP contribution in [0.2, 0.25) is 0 Å². The summed E-state index contributed by atoms with van der Waals surface area (Å²) in [5, 5.41) is 2.95. The molecule has 0 aromatic heterocycles. The second kappa shape index (κ2) is 11.0. The van der Waals surface area contributed by atoms with Crippen molar-refractivity contribution in [2.45, 2.75) is 38.6 Å². The monoisotopic (exact) mass is 443 g/mol. The van der Waals surface area contributed by atoms with Crippen LogP contribution in [0.3, 0.4) is 0 Å². The normalized spacial score (nSPS) is 12.0. The molecule has 31 heavy (non-hydrogen) atoms. The van der Waals surface area contributed by atoms with Gasteiger partial charge < -0.3 is 14.8 Å². The van der Waals surface area contributed by atoms with E-state index >= 15 is 0 Å². The first-order valence-electron chi connectivity index (χ1n) is 9.98. The first-order valence-corrected chi connectivity index (χ1v) is 11.0. The number of carbonyl (C=O) groups excluding carboxylic acids is 3. The van der Waals surface area contributed by atoms with Gasteiger partial charge in [0.2, 0.25) is 5.91 Å². The summed E-state index contributed by atoms with van der Waals surface area (Å²) in [6.45, 7) is 6.93. The number of nitrogens with one attached hydrogen (secondary N) is 1. The Labute approximate surface area is 187 Å². The van der Waals surface area contributed by atoms with Gasteiger partial charge in [-0.1, -0.05) is 51.1 Å². The lowest BCUT2D eigenvalue weighted by atomic mass is 9.91. The average Bonchev–Trinajstić information content (AvgIpc) is 2.75. The highest BCUT2D eigenvalue weighted by Crippen LogP contribution is 2.26. The summed E-state index contributed by atoms with van der Waals surface area (Å²) in [6.07, 6.45) is 0. The van der Waals surface area contributed by atoms with Crippen LogP contribution in [0.25, 0.3) is 0 Å². The molecule has 0 aliphatic heterocycles. The number of hydrogen-bond acceptors (Lipinski definition) is 6. The maximum Gasteiger partial charge on any atom is 0.339 e. The third-order valence-corrected chi connectivity index (χ3v) is 5.69. The third-order valence-electron chi connectivity index (χ3n) is 4.62. The highest BCUT2D eigenvalue weighted by Gasteiger charge is 2.23. The van der Waals surface area contributed by atoms with E-state index in [1.807, 2.05) is 31.2 Å². The molecule has 0 spiro atoms. The SMILES string of the molecule is COc1ccccc1[C@H](C)NC(=O)CSc1ccccc1C(=O)OCC(=O)C(C)(C)C. The van der Waals surface area contributed by atoms with Gasteiger partial charge in [-0.15, -0.1) is 11.8 Å². The molecule has 0 fully saturated rings. The van der Waals surface area contributed by atoms with Gasteiger partial charge in [0.1, 0.15) is 5.75 Å². The molecule has 0 unspecified atom stereocenters. The fourth-order valence-corrected chi connectivity index (χ4v) is 3.57. The van der Waals surface area contributed by atoms with E-state index in [2.05, 4.69) is 5.32 Å². The van der Waals surface area contributed by atoms with Crippen molar-refractivity contribution in [1.29, 1.82) is 0 Å². The number of ether oxygens (including phenoxy) is 2. The Bertz CT molecular complexity index is 936. The zero-order chi connectivity index (χ0) is 23.0. The molecule has 0 bridgehead atoms. The van der Waals surface area contributed by atoms with Gasteiger partial charge in [0.05, 0.1) is 24.5 Å². The van der Waals surface area contributed by atoms with Crippen LogP contribution < -0.4 is 10.1 Å². The van der Waals surface area contributed by atoms with Gasteiger partial charge in [-0.05, 0) is 25.1 Å². The van der Waals surface area contributed by atoms with Crippen molar-refractivity contribution in [1.82, 2.24) is 5.32 Å². The third kappa shape index (κ3) is 7.14. The van der Waals surface area contributed by atoms with Gasteiger partial charge in [0, 0.05) is 15.9 Å². The Kier molecular flexibility index (Phi) is 8.68. The standard InChI is InChI=1S/C24H29NO5S/c1-16(17-10-6-8-12-19(17)29-5)25-22(27)15-31-20-13-9-7-11-18(20)23(28)30-14-21(26)24(2,3)4/h6-13,16H,14-15H2,1-5H3,(H,25,27)/t16-/m0/s1. The molecule has 2 aromatic carbocycles. The van der Waals surface area contributed by atoms with Crippen molar-refractivity contribution >= 4 is 29.4 Å². The van der Waals surface area contributed by atoms with Gasteiger partial charge in [0.25, 0.3) is 0 Å². The number of amides is 1. The number of para-hydroxylation sites is 1. The van der Waals surface area contributed by atoms with E-state index in [1.54, 1.807) is 52.1 Å². The van der Waals surface area contributed by atoms with E-state index in [0.717, 1.165) is 5.56 Å². The van der Waals surface area contributed by atoms with E-state index in [1.165, 1.54) is 11.8 Å². The molecule has 0 saturated carbocycles. The van der Waals surface area contributed by atoms with Gasteiger partial charge in [-0.25, -0.2) is 4.79 Å². The van der Waals surface area contributed by atoms with Crippen LogP contribution in [-0.4, -0.2) is 37.1 Å². The van der Waals surface area contributed by atoms with E-state index in [9.17, 15) is 14.4 Å². The minimum absolute atomic E-state index is 0.130. The number of hydrogen-bond donors (Lipinski definition) is 1. The molecule has 6 nitrogen and oxygen atoms in total. The zero-order valence-corrected chi connectivity index (χ0v) is 19.4. The van der Waals surface area contributed by atoms with Crippen molar-refractivity contribution in [2.24, 2.45) is 5.41 Å². The maximum absolute atomic E-state index is 12.5. The summed E-state index contributed by atoms with van der Waals surface area (Å²) < 4.78 is 10.5. The summed E-state index contributed by atoms with van der Waals surface area (Å²) in [4.78, 5) is 37.6. The molecule has 2 aromatic rings. The van der Waals surface area contributed by atoms with Crippen molar-refractivity contribution in [3.8, 4) is 5.75 Å². The predicted molar refractivity (Wildman–Crippen MR) is 121 cm³/mol. The molecule has 1 atom stereocenters. The second-order valence-electron chi connectivity index (χ2n) is 8.07. The first-order chi connectivity index (χ1) is 14.6. The number of carbonyl (C=O) groups is 3. The molecule has 0 aliphatic rings. The Balaban J connectivity index is 1.97. The molecule has 0 aliphatic carbocycles. The van der Waals surface area contributed by atoms with Gasteiger partial charge >= 0.3 is 5.97 Å². The Morgan fingerprint density at radius 3 is 2.35 bits per heavy atom. The molecule has 0 radical (unpaired) electrons. The molecule has 7 heteroatoms. The highest BCUT2D eigenvalue weighted by molar-refractivity contribution is 8.00. The number of Topliss-reactive ketones (excluding diaryl/α,β-unsaturated/α-hetero) is 1. The molecular formula is C24H29NO5S. The van der Waals surface area contributed by atoms with E-state index in [0.29, 0.717) is 16.2 Å². The highest BCUT2D eigenvalue weighted by atomic mass is 32.2. The molecule has 0 saturated heterocycles. The Hall–Kier alpha value is -2.80. The summed E-state index contributed by atoms with van der Waals surface area (Å²) in [5.74, 6) is -0.0698. The number of rotatable bonds is 9. The summed E-state index contributed by atoms with van der Waals surface area (Å²) in [6, 6.07) is 14.2. The lowest BCUT2D eigenvalue weighted by molar-refractivity contribution is -0.129. The van der Waals surface area contributed by atoms with Gasteiger partial charge in [-0.3, -0.25) is 9.59 Å². The average molecular weight is 444 g/mol. The Morgan fingerprint density at radius 2 is 1.68 bits per heavy atom. The molecule has 1 N–H and O–H groups in total. The summed E-state index contributed by atoms with van der Waals surface area (Å²) >= 11 is 1.24. The minimum Gasteiger partial charge on any atom is -0.496 e. The summed E-state index contributed by atoms with van der Waals surface area (Å²) in [5.41, 5.74) is 0.640. The number of methoxy groups -OCH3 is 1. The lowest BCUT2D eigenvalue weighted by Crippen LogP contribution is -2.28. The number of thioether (sulfide) groups is 1. The van der Waals surface area contributed by atoms with E-state index in [4.69, 9.17) is 9.47 Å². The van der Waals surface area contributed by atoms with Gasteiger partial charge in [-0.2, -0.15) is 0 Å². The second-order valence-corrected chi connectivity index (χ2v) is 9.08.